The maximum atomic E-state index is 11.6. The molecular formula is C10H15NOS. The Morgan fingerprint density at radius 2 is 2.46 bits per heavy atom. The third kappa shape index (κ3) is 3.28. The third-order valence-electron chi connectivity index (χ3n) is 1.89. The van der Waals surface area contributed by atoms with Crippen LogP contribution in [0.1, 0.15) is 30.6 Å². The Bertz CT molecular complexity index is 256. The molecule has 0 spiro atoms. The molecule has 1 N–H and O–H groups in total. The van der Waals surface area contributed by atoms with Crippen LogP contribution in [0.2, 0.25) is 0 Å². The summed E-state index contributed by atoms with van der Waals surface area (Å²) in [5.41, 5.74) is 0.842. The van der Waals surface area contributed by atoms with Gasteiger partial charge in [-0.25, -0.2) is 0 Å². The average Bonchev–Trinajstić information content (AvgIpc) is 2.55. The van der Waals surface area contributed by atoms with Gasteiger partial charge >= 0.3 is 0 Å². The predicted octanol–water partition coefficient (Wildman–Crippen LogP) is 2.32. The molecule has 72 valence electrons. The van der Waals surface area contributed by atoms with E-state index in [1.165, 1.54) is 0 Å². The minimum absolute atomic E-state index is 0.231. The Labute approximate surface area is 83.0 Å². The van der Waals surface area contributed by atoms with Gasteiger partial charge in [-0.1, -0.05) is 6.92 Å². The summed E-state index contributed by atoms with van der Waals surface area (Å²) >= 11 is 1.57. The maximum Gasteiger partial charge on any atom is 0.165 e. The van der Waals surface area contributed by atoms with Gasteiger partial charge in [-0.3, -0.25) is 4.79 Å². The largest absolute Gasteiger partial charge is 0.314 e. The highest BCUT2D eigenvalue weighted by Crippen LogP contribution is 2.09. The minimum Gasteiger partial charge on any atom is -0.314 e. The monoisotopic (exact) mass is 197 g/mol. The highest BCUT2D eigenvalue weighted by Gasteiger charge is 2.09. The van der Waals surface area contributed by atoms with E-state index in [9.17, 15) is 4.79 Å². The minimum atomic E-state index is 0.231. The van der Waals surface area contributed by atoms with Crippen molar-refractivity contribution >= 4 is 17.1 Å². The Morgan fingerprint density at radius 3 is 3.00 bits per heavy atom. The second-order valence-electron chi connectivity index (χ2n) is 3.10. The first-order valence-electron chi connectivity index (χ1n) is 4.52. The fourth-order valence-corrected chi connectivity index (χ4v) is 1.90. The molecule has 0 saturated carbocycles. The summed E-state index contributed by atoms with van der Waals surface area (Å²) in [6, 6.07) is 2.16. The number of carbonyl (C=O) groups excluding carboxylic acids is 1. The highest BCUT2D eigenvalue weighted by molar-refractivity contribution is 7.08. The summed E-state index contributed by atoms with van der Waals surface area (Å²) in [5.74, 6) is 0.231. The molecule has 1 unspecified atom stereocenters. The molecule has 0 aliphatic carbocycles. The van der Waals surface area contributed by atoms with E-state index in [0.29, 0.717) is 6.42 Å². The number of carbonyl (C=O) groups is 1. The van der Waals surface area contributed by atoms with Gasteiger partial charge in [-0.05, 0) is 24.9 Å². The molecule has 0 aliphatic rings. The molecule has 1 aromatic rings. The van der Waals surface area contributed by atoms with Crippen molar-refractivity contribution in [3.63, 3.8) is 0 Å². The fourth-order valence-electron chi connectivity index (χ4n) is 1.24. The van der Waals surface area contributed by atoms with Gasteiger partial charge in [0.15, 0.2) is 5.78 Å². The van der Waals surface area contributed by atoms with Crippen LogP contribution in [0.25, 0.3) is 0 Å². The van der Waals surface area contributed by atoms with E-state index < -0.39 is 0 Å². The molecule has 0 saturated heterocycles. The topological polar surface area (TPSA) is 29.1 Å². The summed E-state index contributed by atoms with van der Waals surface area (Å²) in [6.45, 7) is 5.00. The van der Waals surface area contributed by atoms with Gasteiger partial charge in [0.1, 0.15) is 0 Å². The molecule has 0 aliphatic heterocycles. The summed E-state index contributed by atoms with van der Waals surface area (Å²) in [5, 5.41) is 7.06. The number of rotatable bonds is 5. The van der Waals surface area contributed by atoms with E-state index in [2.05, 4.69) is 5.32 Å². The Morgan fingerprint density at radius 1 is 1.69 bits per heavy atom. The van der Waals surface area contributed by atoms with Crippen molar-refractivity contribution in [2.45, 2.75) is 26.3 Å². The van der Waals surface area contributed by atoms with Crippen LogP contribution in [0.4, 0.5) is 0 Å². The normalized spacial score (nSPS) is 12.8. The molecule has 0 aromatic carbocycles. The van der Waals surface area contributed by atoms with Gasteiger partial charge in [-0.15, -0.1) is 0 Å². The van der Waals surface area contributed by atoms with Crippen LogP contribution < -0.4 is 5.32 Å². The van der Waals surface area contributed by atoms with Crippen molar-refractivity contribution in [2.75, 3.05) is 6.54 Å². The lowest BCUT2D eigenvalue weighted by molar-refractivity contribution is 0.0972. The number of thiophene rings is 1. The summed E-state index contributed by atoms with van der Waals surface area (Å²) < 4.78 is 0. The van der Waals surface area contributed by atoms with Crippen molar-refractivity contribution < 1.29 is 4.79 Å². The number of ketones is 1. The quantitative estimate of drug-likeness (QED) is 0.734. The maximum absolute atomic E-state index is 11.6. The van der Waals surface area contributed by atoms with Crippen molar-refractivity contribution in [3.05, 3.63) is 22.4 Å². The number of hydrogen-bond acceptors (Lipinski definition) is 3. The van der Waals surface area contributed by atoms with Gasteiger partial charge in [-0.2, -0.15) is 11.3 Å². The zero-order valence-corrected chi connectivity index (χ0v) is 8.86. The Kier molecular flexibility index (Phi) is 4.12. The van der Waals surface area contributed by atoms with Crippen LogP contribution in [0.15, 0.2) is 16.8 Å². The molecule has 0 amide bonds. The van der Waals surface area contributed by atoms with Crippen molar-refractivity contribution in [1.29, 1.82) is 0 Å². The van der Waals surface area contributed by atoms with Crippen LogP contribution in [-0.4, -0.2) is 18.4 Å². The summed E-state index contributed by atoms with van der Waals surface area (Å²) in [6.07, 6.45) is 0.588. The molecular weight excluding hydrogens is 182 g/mol. The van der Waals surface area contributed by atoms with Gasteiger partial charge in [0.2, 0.25) is 0 Å². The van der Waals surface area contributed by atoms with E-state index in [-0.39, 0.29) is 11.8 Å². The SMILES string of the molecule is CCNC(C)CC(=O)c1ccsc1. The zero-order valence-electron chi connectivity index (χ0n) is 8.04. The van der Waals surface area contributed by atoms with Crippen molar-refractivity contribution in [1.82, 2.24) is 5.32 Å². The standard InChI is InChI=1S/C10H15NOS/c1-3-11-8(2)6-10(12)9-4-5-13-7-9/h4-5,7-8,11H,3,6H2,1-2H3. The van der Waals surface area contributed by atoms with Crippen LogP contribution in [-0.2, 0) is 0 Å². The van der Waals surface area contributed by atoms with E-state index in [0.717, 1.165) is 12.1 Å². The molecule has 13 heavy (non-hydrogen) atoms. The molecule has 0 radical (unpaired) electrons. The van der Waals surface area contributed by atoms with Gasteiger partial charge < -0.3 is 5.32 Å². The van der Waals surface area contributed by atoms with E-state index in [4.69, 9.17) is 0 Å². The average molecular weight is 197 g/mol. The van der Waals surface area contributed by atoms with E-state index in [1.54, 1.807) is 11.3 Å². The van der Waals surface area contributed by atoms with E-state index >= 15 is 0 Å². The fraction of sp³-hybridized carbons (Fsp3) is 0.500. The number of nitrogens with one attached hydrogen (secondary N) is 1. The lowest BCUT2D eigenvalue weighted by atomic mass is 10.1. The lowest BCUT2D eigenvalue weighted by Crippen LogP contribution is -2.27. The second kappa shape index (κ2) is 5.14. The molecule has 1 atom stereocenters. The van der Waals surface area contributed by atoms with E-state index in [1.807, 2.05) is 30.7 Å². The smallest absolute Gasteiger partial charge is 0.165 e. The Hall–Kier alpha value is -0.670. The van der Waals surface area contributed by atoms with Crippen molar-refractivity contribution in [3.8, 4) is 0 Å². The first kappa shape index (κ1) is 10.4. The molecule has 1 heterocycles. The van der Waals surface area contributed by atoms with Crippen molar-refractivity contribution in [2.24, 2.45) is 0 Å². The molecule has 1 aromatic heterocycles. The van der Waals surface area contributed by atoms with Gasteiger partial charge in [0, 0.05) is 23.4 Å². The second-order valence-corrected chi connectivity index (χ2v) is 3.88. The van der Waals surface area contributed by atoms with Crippen LogP contribution in [0, 0.1) is 0 Å². The number of hydrogen-bond donors (Lipinski definition) is 1. The number of Topliss-reactive ketones (excluding diaryl/α,β-unsaturated/α-hetero) is 1. The van der Waals surface area contributed by atoms with Crippen LogP contribution in [0.5, 0.6) is 0 Å². The first-order chi connectivity index (χ1) is 6.24. The molecule has 0 fully saturated rings. The molecule has 3 heteroatoms. The first-order valence-corrected chi connectivity index (χ1v) is 5.47. The zero-order chi connectivity index (χ0) is 9.68. The molecule has 0 bridgehead atoms. The van der Waals surface area contributed by atoms with Gasteiger partial charge in [0.05, 0.1) is 0 Å². The Balaban J connectivity index is 2.42. The summed E-state index contributed by atoms with van der Waals surface area (Å²) in [4.78, 5) is 11.6. The van der Waals surface area contributed by atoms with Gasteiger partial charge in [0.25, 0.3) is 0 Å². The third-order valence-corrected chi connectivity index (χ3v) is 2.57. The molecule has 2 nitrogen and oxygen atoms in total. The molecule has 1 rings (SSSR count). The summed E-state index contributed by atoms with van der Waals surface area (Å²) in [7, 11) is 0. The van der Waals surface area contributed by atoms with Crippen LogP contribution >= 0.6 is 11.3 Å². The van der Waals surface area contributed by atoms with Crippen LogP contribution in [0.3, 0.4) is 0 Å². The predicted molar refractivity (Wildman–Crippen MR) is 56.4 cm³/mol. The lowest BCUT2D eigenvalue weighted by Gasteiger charge is -2.09. The highest BCUT2D eigenvalue weighted by atomic mass is 32.1.